The molecule has 0 saturated heterocycles. The van der Waals surface area contributed by atoms with Gasteiger partial charge in [0, 0.05) is 31.4 Å². The summed E-state index contributed by atoms with van der Waals surface area (Å²) in [7, 11) is 3.53. The van der Waals surface area contributed by atoms with Gasteiger partial charge >= 0.3 is 0 Å². The summed E-state index contributed by atoms with van der Waals surface area (Å²) in [6, 6.07) is 1.97. The van der Waals surface area contributed by atoms with Crippen LogP contribution >= 0.6 is 11.3 Å². The molecule has 1 aliphatic carbocycles. The van der Waals surface area contributed by atoms with Crippen molar-refractivity contribution < 1.29 is 9.59 Å². The summed E-state index contributed by atoms with van der Waals surface area (Å²) >= 11 is 1.58. The molecule has 0 bridgehead atoms. The van der Waals surface area contributed by atoms with Crippen LogP contribution in [0.3, 0.4) is 0 Å². The van der Waals surface area contributed by atoms with Crippen molar-refractivity contribution in [3.8, 4) is 0 Å². The smallest absolute Gasteiger partial charge is 0.263 e. The number of thiophene rings is 1. The van der Waals surface area contributed by atoms with E-state index in [1.807, 2.05) is 6.07 Å². The predicted octanol–water partition coefficient (Wildman–Crippen LogP) is 2.08. The Morgan fingerprint density at radius 2 is 2.20 bits per heavy atom. The van der Waals surface area contributed by atoms with Gasteiger partial charge in [0.25, 0.3) is 5.91 Å². The van der Waals surface area contributed by atoms with Crippen LogP contribution in [-0.4, -0.2) is 37.4 Å². The zero-order valence-electron chi connectivity index (χ0n) is 12.4. The highest BCUT2D eigenvalue weighted by Gasteiger charge is 2.27. The van der Waals surface area contributed by atoms with E-state index in [0.717, 1.165) is 37.1 Å². The van der Waals surface area contributed by atoms with Crippen LogP contribution in [0.4, 0.5) is 0 Å². The molecule has 2 rings (SSSR count). The minimum Gasteiger partial charge on any atom is -0.356 e. The van der Waals surface area contributed by atoms with Crippen molar-refractivity contribution in [3.05, 3.63) is 21.4 Å². The predicted molar refractivity (Wildman–Crippen MR) is 81.2 cm³/mol. The maximum absolute atomic E-state index is 12.0. The van der Waals surface area contributed by atoms with Gasteiger partial charge in [0.15, 0.2) is 0 Å². The van der Waals surface area contributed by atoms with E-state index < -0.39 is 0 Å². The Kier molecular flexibility index (Phi) is 4.81. The van der Waals surface area contributed by atoms with Gasteiger partial charge < -0.3 is 10.2 Å². The molecule has 1 unspecified atom stereocenters. The van der Waals surface area contributed by atoms with Crippen molar-refractivity contribution in [2.45, 2.75) is 32.6 Å². The van der Waals surface area contributed by atoms with Gasteiger partial charge in [0.05, 0.1) is 4.88 Å². The average molecular weight is 294 g/mol. The highest BCUT2D eigenvalue weighted by Crippen LogP contribution is 2.32. The first-order chi connectivity index (χ1) is 9.52. The minimum absolute atomic E-state index is 0.0522. The van der Waals surface area contributed by atoms with Gasteiger partial charge in [-0.3, -0.25) is 9.59 Å². The molecule has 20 heavy (non-hydrogen) atoms. The summed E-state index contributed by atoms with van der Waals surface area (Å²) in [5, 5.41) is 2.97. The molecule has 5 heteroatoms. The number of carbonyl (C=O) groups excluding carboxylic acids is 2. The molecule has 1 aromatic heterocycles. The largest absolute Gasteiger partial charge is 0.356 e. The first-order valence-electron chi connectivity index (χ1n) is 7.13. The summed E-state index contributed by atoms with van der Waals surface area (Å²) in [5.41, 5.74) is 1.18. The number of hydrogen-bond donors (Lipinski definition) is 1. The Labute approximate surface area is 124 Å². The van der Waals surface area contributed by atoms with Gasteiger partial charge in [-0.15, -0.1) is 11.3 Å². The van der Waals surface area contributed by atoms with Crippen molar-refractivity contribution in [2.24, 2.45) is 5.92 Å². The molecular weight excluding hydrogens is 272 g/mol. The molecule has 110 valence electrons. The molecule has 0 aromatic carbocycles. The standard InChI is InChI=1S/C15H22N2O2S/c1-4-7-16-14(18)10-5-6-12-11(8-10)9-13(20-12)15(19)17(2)3/h9-10H,4-8H2,1-3H3,(H,16,18). The first-order valence-corrected chi connectivity index (χ1v) is 7.95. The number of rotatable bonds is 4. The second-order valence-electron chi connectivity index (χ2n) is 5.49. The summed E-state index contributed by atoms with van der Waals surface area (Å²) < 4.78 is 0. The van der Waals surface area contributed by atoms with E-state index in [1.165, 1.54) is 10.4 Å². The SMILES string of the molecule is CCCNC(=O)C1CCc2sc(C(=O)N(C)C)cc2C1. The average Bonchev–Trinajstić information content (AvgIpc) is 2.86. The molecule has 0 spiro atoms. The van der Waals surface area contributed by atoms with E-state index in [4.69, 9.17) is 0 Å². The number of carbonyl (C=O) groups is 2. The summed E-state index contributed by atoms with van der Waals surface area (Å²) in [6.07, 6.45) is 3.52. The van der Waals surface area contributed by atoms with Crippen molar-refractivity contribution in [1.29, 1.82) is 0 Å². The van der Waals surface area contributed by atoms with Crippen LogP contribution in [0.1, 0.15) is 39.9 Å². The molecule has 2 amide bonds. The molecule has 4 nitrogen and oxygen atoms in total. The van der Waals surface area contributed by atoms with Crippen LogP contribution in [0.5, 0.6) is 0 Å². The Bertz CT molecular complexity index is 508. The molecule has 1 heterocycles. The fraction of sp³-hybridized carbons (Fsp3) is 0.600. The van der Waals surface area contributed by atoms with E-state index in [1.54, 1.807) is 30.3 Å². The van der Waals surface area contributed by atoms with Crippen molar-refractivity contribution in [2.75, 3.05) is 20.6 Å². The molecule has 1 aromatic rings. The quantitative estimate of drug-likeness (QED) is 0.924. The lowest BCUT2D eigenvalue weighted by Crippen LogP contribution is -2.34. The minimum atomic E-state index is 0.0522. The van der Waals surface area contributed by atoms with Crippen LogP contribution in [0.25, 0.3) is 0 Å². The lowest BCUT2D eigenvalue weighted by atomic mass is 9.87. The second kappa shape index (κ2) is 6.39. The molecule has 0 fully saturated rings. The summed E-state index contributed by atoms with van der Waals surface area (Å²) in [4.78, 5) is 27.7. The maximum atomic E-state index is 12.0. The van der Waals surface area contributed by atoms with Crippen LogP contribution in [0.2, 0.25) is 0 Å². The number of amides is 2. The third-order valence-corrected chi connectivity index (χ3v) is 4.84. The topological polar surface area (TPSA) is 49.4 Å². The zero-order chi connectivity index (χ0) is 14.7. The number of nitrogens with one attached hydrogen (secondary N) is 1. The maximum Gasteiger partial charge on any atom is 0.263 e. The molecule has 1 atom stereocenters. The molecule has 0 aliphatic heterocycles. The lowest BCUT2D eigenvalue weighted by molar-refractivity contribution is -0.125. The van der Waals surface area contributed by atoms with Crippen LogP contribution in [-0.2, 0) is 17.6 Å². The van der Waals surface area contributed by atoms with Gasteiger partial charge in [-0.2, -0.15) is 0 Å². The number of nitrogens with zero attached hydrogens (tertiary/aromatic N) is 1. The first kappa shape index (κ1) is 15.0. The Morgan fingerprint density at radius 1 is 1.45 bits per heavy atom. The monoisotopic (exact) mass is 294 g/mol. The fourth-order valence-corrected chi connectivity index (χ4v) is 3.70. The number of hydrogen-bond acceptors (Lipinski definition) is 3. The van der Waals surface area contributed by atoms with Crippen LogP contribution in [0, 0.1) is 5.92 Å². The van der Waals surface area contributed by atoms with Crippen LogP contribution < -0.4 is 5.32 Å². The van der Waals surface area contributed by atoms with E-state index in [-0.39, 0.29) is 17.7 Å². The Balaban J connectivity index is 2.07. The van der Waals surface area contributed by atoms with E-state index in [2.05, 4.69) is 12.2 Å². The van der Waals surface area contributed by atoms with E-state index in [0.29, 0.717) is 0 Å². The Morgan fingerprint density at radius 3 is 2.85 bits per heavy atom. The molecule has 0 radical (unpaired) electrons. The lowest BCUT2D eigenvalue weighted by Gasteiger charge is -2.21. The van der Waals surface area contributed by atoms with Crippen molar-refractivity contribution >= 4 is 23.2 Å². The van der Waals surface area contributed by atoms with E-state index in [9.17, 15) is 9.59 Å². The highest BCUT2D eigenvalue weighted by molar-refractivity contribution is 7.14. The van der Waals surface area contributed by atoms with Gasteiger partial charge in [-0.1, -0.05) is 6.92 Å². The number of aryl methyl sites for hydroxylation is 1. The van der Waals surface area contributed by atoms with Crippen LogP contribution in [0.15, 0.2) is 6.07 Å². The number of fused-ring (bicyclic) bond motifs is 1. The van der Waals surface area contributed by atoms with E-state index >= 15 is 0 Å². The third kappa shape index (κ3) is 3.20. The third-order valence-electron chi connectivity index (χ3n) is 3.62. The van der Waals surface area contributed by atoms with Crippen molar-refractivity contribution in [1.82, 2.24) is 10.2 Å². The second-order valence-corrected chi connectivity index (χ2v) is 6.63. The molecule has 0 saturated carbocycles. The molecule has 1 aliphatic rings. The van der Waals surface area contributed by atoms with Gasteiger partial charge in [0.1, 0.15) is 0 Å². The summed E-state index contributed by atoms with van der Waals surface area (Å²) in [6.45, 7) is 2.80. The highest BCUT2D eigenvalue weighted by atomic mass is 32.1. The fourth-order valence-electron chi connectivity index (χ4n) is 2.47. The molecular formula is C15H22N2O2S. The summed E-state index contributed by atoms with van der Waals surface area (Å²) in [5.74, 6) is 0.270. The van der Waals surface area contributed by atoms with Gasteiger partial charge in [0.2, 0.25) is 5.91 Å². The Hall–Kier alpha value is -1.36. The van der Waals surface area contributed by atoms with Gasteiger partial charge in [-0.05, 0) is 37.3 Å². The van der Waals surface area contributed by atoms with Gasteiger partial charge in [-0.25, -0.2) is 0 Å². The van der Waals surface area contributed by atoms with Crippen molar-refractivity contribution in [3.63, 3.8) is 0 Å². The zero-order valence-corrected chi connectivity index (χ0v) is 13.2. The normalized spacial score (nSPS) is 17.4. The molecule has 1 N–H and O–H groups in total.